The summed E-state index contributed by atoms with van der Waals surface area (Å²) in [6, 6.07) is 2.85. The zero-order valence-corrected chi connectivity index (χ0v) is 8.04. The molecule has 76 valence electrons. The Hall–Kier alpha value is -1.58. The van der Waals surface area contributed by atoms with Crippen LogP contribution in [0.2, 0.25) is 0 Å². The fourth-order valence-electron chi connectivity index (χ4n) is 1.08. The van der Waals surface area contributed by atoms with E-state index in [0.717, 1.165) is 0 Å². The van der Waals surface area contributed by atoms with Crippen LogP contribution in [0.25, 0.3) is 0 Å². The van der Waals surface area contributed by atoms with E-state index in [4.69, 9.17) is 9.47 Å². The van der Waals surface area contributed by atoms with Gasteiger partial charge in [0.05, 0.1) is 19.3 Å². The molecule has 1 aromatic carbocycles. The Labute approximate surface area is 81.4 Å². The summed E-state index contributed by atoms with van der Waals surface area (Å²) < 4.78 is 23.4. The van der Waals surface area contributed by atoms with Gasteiger partial charge in [-0.2, -0.15) is 0 Å². The van der Waals surface area contributed by atoms with Gasteiger partial charge in [0, 0.05) is 0 Å². The molecule has 14 heavy (non-hydrogen) atoms. The number of hydrogen-bond donors (Lipinski definition) is 0. The number of carbonyl (C=O) groups excluding carboxylic acids is 1. The molecule has 0 bridgehead atoms. The molecule has 0 saturated heterocycles. The topological polar surface area (TPSA) is 35.5 Å². The first-order valence-corrected chi connectivity index (χ1v) is 4.19. The third-order valence-corrected chi connectivity index (χ3v) is 1.73. The summed E-state index contributed by atoms with van der Waals surface area (Å²) in [4.78, 5) is 10.4. The van der Waals surface area contributed by atoms with Crippen molar-refractivity contribution in [1.82, 2.24) is 0 Å². The number of ether oxygens (including phenoxy) is 2. The van der Waals surface area contributed by atoms with Gasteiger partial charge in [-0.3, -0.25) is 4.79 Å². The minimum atomic E-state index is -0.679. The van der Waals surface area contributed by atoms with Crippen molar-refractivity contribution in [1.29, 1.82) is 0 Å². The largest absolute Gasteiger partial charge is 0.493 e. The Morgan fingerprint density at radius 2 is 2.21 bits per heavy atom. The van der Waals surface area contributed by atoms with E-state index < -0.39 is 5.82 Å². The zero-order chi connectivity index (χ0) is 10.6. The molecule has 0 heterocycles. The lowest BCUT2D eigenvalue weighted by molar-refractivity contribution is 0.111. The first-order valence-electron chi connectivity index (χ1n) is 4.19. The van der Waals surface area contributed by atoms with Crippen molar-refractivity contribution in [2.75, 3.05) is 13.7 Å². The van der Waals surface area contributed by atoms with Gasteiger partial charge in [-0.25, -0.2) is 4.39 Å². The standard InChI is InChI=1S/C10H11FO3/c1-3-14-10-8(13-2)5-4-7(6-12)9(10)11/h4-6H,3H2,1-2H3. The molecule has 3 nitrogen and oxygen atoms in total. The molecule has 4 heteroatoms. The molecule has 0 saturated carbocycles. The van der Waals surface area contributed by atoms with Crippen molar-refractivity contribution < 1.29 is 18.7 Å². The summed E-state index contributed by atoms with van der Waals surface area (Å²) in [7, 11) is 1.41. The molecule has 0 aromatic heterocycles. The lowest BCUT2D eigenvalue weighted by Crippen LogP contribution is -2.00. The van der Waals surface area contributed by atoms with E-state index >= 15 is 0 Å². The summed E-state index contributed by atoms with van der Waals surface area (Å²) in [6.07, 6.45) is 0.442. The van der Waals surface area contributed by atoms with Gasteiger partial charge < -0.3 is 9.47 Å². The van der Waals surface area contributed by atoms with Gasteiger partial charge in [0.15, 0.2) is 23.6 Å². The number of aldehydes is 1. The van der Waals surface area contributed by atoms with E-state index in [1.807, 2.05) is 0 Å². The number of hydrogen-bond acceptors (Lipinski definition) is 3. The first-order chi connectivity index (χ1) is 6.74. The predicted octanol–water partition coefficient (Wildman–Crippen LogP) is 2.05. The molecule has 0 fully saturated rings. The van der Waals surface area contributed by atoms with Gasteiger partial charge in [-0.15, -0.1) is 0 Å². The summed E-state index contributed by atoms with van der Waals surface area (Å²) in [5.41, 5.74) is -0.0331. The van der Waals surface area contributed by atoms with Crippen LogP contribution in [0.3, 0.4) is 0 Å². The van der Waals surface area contributed by atoms with Gasteiger partial charge in [0.1, 0.15) is 0 Å². The SMILES string of the molecule is CCOc1c(OC)ccc(C=O)c1F. The molecule has 1 rings (SSSR count). The maximum Gasteiger partial charge on any atom is 0.197 e. The van der Waals surface area contributed by atoms with Gasteiger partial charge in [-0.05, 0) is 19.1 Å². The van der Waals surface area contributed by atoms with Crippen LogP contribution < -0.4 is 9.47 Å². The highest BCUT2D eigenvalue weighted by molar-refractivity contribution is 5.77. The molecule has 0 spiro atoms. The summed E-state index contributed by atoms with van der Waals surface area (Å²) in [6.45, 7) is 2.04. The average molecular weight is 198 g/mol. The van der Waals surface area contributed by atoms with Gasteiger partial charge in [-0.1, -0.05) is 0 Å². The molecule has 0 amide bonds. The Balaban J connectivity index is 3.23. The molecule has 0 atom stereocenters. The Morgan fingerprint density at radius 3 is 2.71 bits per heavy atom. The lowest BCUT2D eigenvalue weighted by atomic mass is 10.2. The molecule has 0 N–H and O–H groups in total. The lowest BCUT2D eigenvalue weighted by Gasteiger charge is -2.10. The van der Waals surface area contributed by atoms with Crippen LogP contribution >= 0.6 is 0 Å². The fraction of sp³-hybridized carbons (Fsp3) is 0.300. The Bertz CT molecular complexity index is 336. The molecular weight excluding hydrogens is 187 g/mol. The maximum absolute atomic E-state index is 13.5. The molecule has 0 aliphatic heterocycles. The van der Waals surface area contributed by atoms with E-state index in [2.05, 4.69) is 0 Å². The number of methoxy groups -OCH3 is 1. The maximum atomic E-state index is 13.5. The number of carbonyl (C=O) groups is 1. The average Bonchev–Trinajstić information content (AvgIpc) is 2.21. The molecular formula is C10H11FO3. The van der Waals surface area contributed by atoms with Gasteiger partial charge in [0.25, 0.3) is 0 Å². The van der Waals surface area contributed by atoms with Crippen LogP contribution in [0.1, 0.15) is 17.3 Å². The van der Waals surface area contributed by atoms with Crippen molar-refractivity contribution >= 4 is 6.29 Å². The summed E-state index contributed by atoms with van der Waals surface area (Å²) in [5.74, 6) is -0.407. The highest BCUT2D eigenvalue weighted by Crippen LogP contribution is 2.31. The van der Waals surface area contributed by atoms with E-state index in [0.29, 0.717) is 12.9 Å². The highest BCUT2D eigenvalue weighted by atomic mass is 19.1. The van der Waals surface area contributed by atoms with Crippen LogP contribution in [-0.4, -0.2) is 20.0 Å². The fourth-order valence-corrected chi connectivity index (χ4v) is 1.08. The molecule has 0 aliphatic carbocycles. The van der Waals surface area contributed by atoms with E-state index in [-0.39, 0.29) is 17.1 Å². The minimum absolute atomic E-state index is 0.0143. The van der Waals surface area contributed by atoms with Crippen molar-refractivity contribution in [2.24, 2.45) is 0 Å². The van der Waals surface area contributed by atoms with Crippen LogP contribution in [-0.2, 0) is 0 Å². The third-order valence-electron chi connectivity index (χ3n) is 1.73. The minimum Gasteiger partial charge on any atom is -0.493 e. The predicted molar refractivity (Wildman–Crippen MR) is 49.5 cm³/mol. The second-order valence-electron chi connectivity index (χ2n) is 2.55. The van der Waals surface area contributed by atoms with Crippen molar-refractivity contribution in [3.8, 4) is 11.5 Å². The van der Waals surface area contributed by atoms with Crippen molar-refractivity contribution in [3.63, 3.8) is 0 Å². The van der Waals surface area contributed by atoms with Gasteiger partial charge >= 0.3 is 0 Å². The quantitative estimate of drug-likeness (QED) is 0.694. The molecule has 0 radical (unpaired) electrons. The van der Waals surface area contributed by atoms with Crippen LogP contribution in [0.4, 0.5) is 4.39 Å². The monoisotopic (exact) mass is 198 g/mol. The molecule has 0 aliphatic rings. The first kappa shape index (κ1) is 10.5. The van der Waals surface area contributed by atoms with E-state index in [1.165, 1.54) is 19.2 Å². The Morgan fingerprint density at radius 1 is 1.50 bits per heavy atom. The second kappa shape index (κ2) is 4.60. The van der Waals surface area contributed by atoms with Crippen LogP contribution in [0.15, 0.2) is 12.1 Å². The van der Waals surface area contributed by atoms with Crippen molar-refractivity contribution in [3.05, 3.63) is 23.5 Å². The van der Waals surface area contributed by atoms with E-state index in [1.54, 1.807) is 6.92 Å². The van der Waals surface area contributed by atoms with Gasteiger partial charge in [0.2, 0.25) is 0 Å². The normalized spacial score (nSPS) is 9.64. The zero-order valence-electron chi connectivity index (χ0n) is 8.04. The van der Waals surface area contributed by atoms with E-state index in [9.17, 15) is 9.18 Å². The second-order valence-corrected chi connectivity index (χ2v) is 2.55. The third kappa shape index (κ3) is 1.84. The molecule has 1 aromatic rings. The number of benzene rings is 1. The van der Waals surface area contributed by atoms with Crippen molar-refractivity contribution in [2.45, 2.75) is 6.92 Å². The molecule has 0 unspecified atom stereocenters. The summed E-state index contributed by atoms with van der Waals surface area (Å²) in [5, 5.41) is 0. The number of halogens is 1. The summed E-state index contributed by atoms with van der Waals surface area (Å²) >= 11 is 0. The van der Waals surface area contributed by atoms with Crippen LogP contribution in [0, 0.1) is 5.82 Å². The Kier molecular flexibility index (Phi) is 3.45. The van der Waals surface area contributed by atoms with Crippen LogP contribution in [0.5, 0.6) is 11.5 Å². The highest BCUT2D eigenvalue weighted by Gasteiger charge is 2.14. The smallest absolute Gasteiger partial charge is 0.197 e. The number of rotatable bonds is 4.